The molecule has 1 aromatic carbocycles. The van der Waals surface area contributed by atoms with Crippen molar-refractivity contribution in [2.75, 3.05) is 12.0 Å². The summed E-state index contributed by atoms with van der Waals surface area (Å²) >= 11 is 7.60. The highest BCUT2D eigenvalue weighted by Gasteiger charge is 2.29. The van der Waals surface area contributed by atoms with Gasteiger partial charge in [0.05, 0.1) is 42.9 Å². The average molecular weight is 569 g/mol. The second-order valence-electron chi connectivity index (χ2n) is 8.72. The molecule has 1 N–H and O–H groups in total. The van der Waals surface area contributed by atoms with Gasteiger partial charge in [0.2, 0.25) is 0 Å². The second-order valence-corrected chi connectivity index (χ2v) is 10.1. The van der Waals surface area contributed by atoms with Crippen LogP contribution < -0.4 is 14.4 Å². The van der Waals surface area contributed by atoms with Crippen molar-refractivity contribution in [3.8, 4) is 22.2 Å². The number of rotatable bonds is 7. The van der Waals surface area contributed by atoms with Crippen LogP contribution in [0, 0.1) is 12.7 Å². The molecule has 0 radical (unpaired) electrons. The molecule has 4 heterocycles. The number of amides is 1. The lowest BCUT2D eigenvalue weighted by Gasteiger charge is -2.30. The Bertz CT molecular complexity index is 1700. The van der Waals surface area contributed by atoms with Gasteiger partial charge in [-0.25, -0.2) is 24.1 Å². The molecule has 10 nitrogen and oxygen atoms in total. The normalized spacial score (nSPS) is 12.9. The van der Waals surface area contributed by atoms with Gasteiger partial charge in [0.25, 0.3) is 5.88 Å². The van der Waals surface area contributed by atoms with Crippen molar-refractivity contribution >= 4 is 56.0 Å². The number of anilines is 1. The van der Waals surface area contributed by atoms with Crippen molar-refractivity contribution in [3.63, 3.8) is 0 Å². The molecule has 0 aliphatic rings. The van der Waals surface area contributed by atoms with Gasteiger partial charge < -0.3 is 14.6 Å². The molecule has 0 saturated heterocycles. The van der Waals surface area contributed by atoms with E-state index in [4.69, 9.17) is 21.1 Å². The minimum absolute atomic E-state index is 0.263. The van der Waals surface area contributed by atoms with Gasteiger partial charge >= 0.3 is 6.09 Å². The number of hydrogen-bond donors (Lipinski definition) is 1. The monoisotopic (exact) mass is 568 g/mol. The summed E-state index contributed by atoms with van der Waals surface area (Å²) in [5.74, 6) is 0.107. The van der Waals surface area contributed by atoms with Crippen molar-refractivity contribution < 1.29 is 23.8 Å². The van der Waals surface area contributed by atoms with Gasteiger partial charge in [-0.1, -0.05) is 22.9 Å². The molecule has 39 heavy (non-hydrogen) atoms. The summed E-state index contributed by atoms with van der Waals surface area (Å²) in [4.78, 5) is 35.1. The lowest BCUT2D eigenvalue weighted by Crippen LogP contribution is -2.46. The van der Waals surface area contributed by atoms with E-state index in [-0.39, 0.29) is 11.6 Å². The molecule has 0 spiro atoms. The summed E-state index contributed by atoms with van der Waals surface area (Å²) in [6.07, 6.45) is 2.43. The summed E-state index contributed by atoms with van der Waals surface area (Å²) in [6.45, 7) is 4.98. The molecular weight excluding hydrogens is 547 g/mol. The number of pyridine rings is 2. The van der Waals surface area contributed by atoms with Gasteiger partial charge in [0, 0.05) is 22.0 Å². The number of ether oxygens (including phenoxy) is 2. The number of hydrogen-bond acceptors (Lipinski definition) is 9. The molecule has 13 heteroatoms. The number of aromatic nitrogens is 5. The van der Waals surface area contributed by atoms with Crippen LogP contribution in [0.2, 0.25) is 5.02 Å². The van der Waals surface area contributed by atoms with E-state index in [1.807, 2.05) is 6.07 Å². The first kappa shape index (κ1) is 26.4. The van der Waals surface area contributed by atoms with Crippen molar-refractivity contribution in [1.82, 2.24) is 24.9 Å². The summed E-state index contributed by atoms with van der Waals surface area (Å²) in [5, 5.41) is 11.6. The summed E-state index contributed by atoms with van der Waals surface area (Å²) in [6, 6.07) is 5.86. The molecular formula is C26H22ClFN6O4S. The molecule has 0 saturated carbocycles. The highest BCUT2D eigenvalue weighted by molar-refractivity contribution is 7.21. The van der Waals surface area contributed by atoms with Crippen LogP contribution in [0.5, 0.6) is 11.6 Å². The average Bonchev–Trinajstić information content (AvgIpc) is 3.31. The minimum Gasteiger partial charge on any atom is -0.495 e. The fourth-order valence-corrected chi connectivity index (χ4v) is 5.16. The number of nitrogens with zero attached hydrogens (tertiary/aromatic N) is 6. The molecule has 0 aliphatic carbocycles. The highest BCUT2D eigenvalue weighted by atomic mass is 35.5. The lowest BCUT2D eigenvalue weighted by atomic mass is 10.1. The van der Waals surface area contributed by atoms with E-state index >= 15 is 4.39 Å². The number of fused-ring (bicyclic) bond motifs is 2. The largest absolute Gasteiger partial charge is 0.495 e. The van der Waals surface area contributed by atoms with Gasteiger partial charge in [-0.15, -0.1) is 0 Å². The number of carboxylic acid groups (broad SMARTS) is 1. The predicted octanol–water partition coefficient (Wildman–Crippen LogP) is 6.15. The maximum atomic E-state index is 15.1. The minimum atomic E-state index is -1.22. The highest BCUT2D eigenvalue weighted by Crippen LogP contribution is 2.37. The Balaban J connectivity index is 1.46. The number of halogens is 2. The molecule has 5 rings (SSSR count). The zero-order valence-electron chi connectivity index (χ0n) is 21.2. The smallest absolute Gasteiger partial charge is 0.412 e. The van der Waals surface area contributed by atoms with Gasteiger partial charge in [0.1, 0.15) is 33.0 Å². The number of thiazole rings is 1. The van der Waals surface area contributed by atoms with E-state index in [1.54, 1.807) is 46.2 Å². The number of benzene rings is 1. The number of methoxy groups -OCH3 is 1. The molecule has 0 unspecified atom stereocenters. The molecule has 0 aliphatic heterocycles. The van der Waals surface area contributed by atoms with Crippen molar-refractivity contribution in [2.24, 2.45) is 0 Å². The van der Waals surface area contributed by atoms with E-state index in [1.165, 1.54) is 29.8 Å². The first-order chi connectivity index (χ1) is 18.6. The Morgan fingerprint density at radius 2 is 1.85 bits per heavy atom. The van der Waals surface area contributed by atoms with Crippen molar-refractivity contribution in [1.29, 1.82) is 0 Å². The van der Waals surface area contributed by atoms with E-state index < -0.39 is 24.1 Å². The van der Waals surface area contributed by atoms with Crippen LogP contribution in [0.3, 0.4) is 0 Å². The topological polar surface area (TPSA) is 123 Å². The fraction of sp³-hybridized carbons (Fsp3) is 0.231. The summed E-state index contributed by atoms with van der Waals surface area (Å²) in [7, 11) is 1.56. The number of carbonyl (C=O) groups is 1. The van der Waals surface area contributed by atoms with Crippen molar-refractivity contribution in [3.05, 3.63) is 59.5 Å². The molecule has 0 bridgehead atoms. The van der Waals surface area contributed by atoms with Crippen LogP contribution in [0.15, 0.2) is 42.9 Å². The van der Waals surface area contributed by atoms with Gasteiger partial charge in [-0.2, -0.15) is 4.98 Å². The molecule has 2 atom stereocenters. The van der Waals surface area contributed by atoms with Crippen LogP contribution in [-0.2, 0) is 0 Å². The van der Waals surface area contributed by atoms with Gasteiger partial charge in [-0.05, 0) is 39.0 Å². The Hall–Kier alpha value is -4.16. The SMILES string of the molecule is COc1cnc2c(-c3nc4cc(F)c(O[C@@H](C)[C@@H](C)N(C(=O)O)c5cnc(C)nc5)nc4s3)cc(Cl)cc2c1. The standard InChI is InChI=1S/C26H22ClFN6O4S/c1-12(34(26(35)36)17-9-29-14(3)30-10-17)13(2)38-23-20(28)8-21-25(33-23)39-24(32-21)19-7-16(27)5-15-6-18(37-4)11-31-22(15)19/h5-13H,1-4H3,(H,35,36)/t12-,13+/m1/s1. The van der Waals surface area contributed by atoms with Crippen molar-refractivity contribution in [2.45, 2.75) is 32.9 Å². The van der Waals surface area contributed by atoms with E-state index in [2.05, 4.69) is 24.9 Å². The molecule has 0 fully saturated rings. The second kappa shape index (κ2) is 10.5. The number of aryl methyl sites for hydroxylation is 1. The first-order valence-corrected chi connectivity index (χ1v) is 12.9. The van der Waals surface area contributed by atoms with E-state index in [0.29, 0.717) is 43.0 Å². The Kier molecular flexibility index (Phi) is 7.15. The maximum Gasteiger partial charge on any atom is 0.412 e. The lowest BCUT2D eigenvalue weighted by molar-refractivity contribution is 0.162. The Morgan fingerprint density at radius 1 is 1.10 bits per heavy atom. The van der Waals surface area contributed by atoms with E-state index in [9.17, 15) is 9.90 Å². The van der Waals surface area contributed by atoms with Crippen LogP contribution >= 0.6 is 22.9 Å². The summed E-state index contributed by atoms with van der Waals surface area (Å²) in [5.41, 5.74) is 1.94. The molecule has 200 valence electrons. The van der Waals surface area contributed by atoms with E-state index in [0.717, 1.165) is 10.3 Å². The van der Waals surface area contributed by atoms with Gasteiger partial charge in [0.15, 0.2) is 5.82 Å². The maximum absolute atomic E-state index is 15.1. The zero-order chi connectivity index (χ0) is 27.8. The third-order valence-electron chi connectivity index (χ3n) is 6.13. The fourth-order valence-electron chi connectivity index (χ4n) is 4.01. The van der Waals surface area contributed by atoms with Gasteiger partial charge in [-0.3, -0.25) is 9.88 Å². The third-order valence-corrected chi connectivity index (χ3v) is 7.35. The Morgan fingerprint density at radius 3 is 2.54 bits per heavy atom. The molecule has 4 aromatic heterocycles. The van der Waals surface area contributed by atoms with Crippen LogP contribution in [0.25, 0.3) is 31.8 Å². The quantitative estimate of drug-likeness (QED) is 0.246. The van der Waals surface area contributed by atoms with Crippen LogP contribution in [-0.4, -0.2) is 55.4 Å². The Labute approximate surface area is 231 Å². The molecule has 5 aromatic rings. The molecule has 1 amide bonds. The van der Waals surface area contributed by atoms with Crippen LogP contribution in [0.4, 0.5) is 14.9 Å². The summed E-state index contributed by atoms with van der Waals surface area (Å²) < 4.78 is 26.1. The zero-order valence-corrected chi connectivity index (χ0v) is 22.8. The third kappa shape index (κ3) is 5.25. The first-order valence-electron chi connectivity index (χ1n) is 11.7. The predicted molar refractivity (Wildman–Crippen MR) is 146 cm³/mol. The van der Waals surface area contributed by atoms with Crippen LogP contribution in [0.1, 0.15) is 19.7 Å².